The van der Waals surface area contributed by atoms with Gasteiger partial charge in [0.05, 0.1) is 23.1 Å². The lowest BCUT2D eigenvalue weighted by atomic mass is 9.99. The predicted molar refractivity (Wildman–Crippen MR) is 119 cm³/mol. The molecule has 0 atom stereocenters. The van der Waals surface area contributed by atoms with Crippen LogP contribution in [0.25, 0.3) is 0 Å². The molecule has 0 radical (unpaired) electrons. The fourth-order valence-electron chi connectivity index (χ4n) is 7.47. The molecule has 26 heavy (non-hydrogen) atoms. The average molecular weight is 376 g/mol. The second-order valence-corrected chi connectivity index (χ2v) is 14.8. The van der Waals surface area contributed by atoms with Gasteiger partial charge < -0.3 is 0 Å². The van der Waals surface area contributed by atoms with Gasteiger partial charge in [0, 0.05) is 7.26 Å². The van der Waals surface area contributed by atoms with Crippen LogP contribution < -0.4 is 0 Å². The van der Waals surface area contributed by atoms with E-state index in [0.29, 0.717) is 0 Å². The first-order valence-electron chi connectivity index (χ1n) is 12.4. The molecule has 0 aliphatic heterocycles. The van der Waals surface area contributed by atoms with Gasteiger partial charge >= 0.3 is 0 Å². The summed E-state index contributed by atoms with van der Waals surface area (Å²) in [5.74, 6) is 0. The van der Waals surface area contributed by atoms with Gasteiger partial charge in [0.15, 0.2) is 0 Å². The summed E-state index contributed by atoms with van der Waals surface area (Å²) in [6, 6.07) is 0. The van der Waals surface area contributed by atoms with Gasteiger partial charge in [-0.25, -0.2) is 0 Å². The number of rotatable bonds is 5. The van der Waals surface area contributed by atoms with E-state index in [1.807, 2.05) is 11.1 Å². The molecule has 4 rings (SSSR count). The molecule has 0 bridgehead atoms. The molecule has 4 aliphatic rings. The smallest absolute Gasteiger partial charge is 0.0705 e. The van der Waals surface area contributed by atoms with Crippen molar-refractivity contribution in [2.75, 3.05) is 6.16 Å². The lowest BCUT2D eigenvalue weighted by Gasteiger charge is -2.49. The highest BCUT2D eigenvalue weighted by Crippen LogP contribution is 2.78. The highest BCUT2D eigenvalue weighted by Gasteiger charge is 2.57. The van der Waals surface area contributed by atoms with Crippen molar-refractivity contribution in [3.8, 4) is 0 Å². The van der Waals surface area contributed by atoms with Crippen LogP contribution in [0.15, 0.2) is 11.1 Å². The lowest BCUT2D eigenvalue weighted by Crippen LogP contribution is -2.38. The molecule has 0 aromatic heterocycles. The van der Waals surface area contributed by atoms with Crippen LogP contribution in [-0.2, 0) is 0 Å². The van der Waals surface area contributed by atoms with Gasteiger partial charge in [-0.05, 0) is 109 Å². The van der Waals surface area contributed by atoms with Gasteiger partial charge in [-0.1, -0.05) is 24.8 Å². The lowest BCUT2D eigenvalue weighted by molar-refractivity contribution is 0.451. The van der Waals surface area contributed by atoms with Crippen molar-refractivity contribution in [1.82, 2.24) is 0 Å². The molecule has 0 saturated heterocycles. The van der Waals surface area contributed by atoms with Crippen molar-refractivity contribution < 1.29 is 0 Å². The van der Waals surface area contributed by atoms with E-state index in [4.69, 9.17) is 0 Å². The summed E-state index contributed by atoms with van der Waals surface area (Å²) in [5.41, 5.74) is 7.33. The van der Waals surface area contributed by atoms with Gasteiger partial charge in [0.25, 0.3) is 0 Å². The van der Waals surface area contributed by atoms with E-state index in [1.54, 1.807) is 83.2 Å². The molecule has 0 amide bonds. The Morgan fingerprint density at radius 1 is 0.577 bits per heavy atom. The molecule has 148 valence electrons. The summed E-state index contributed by atoms with van der Waals surface area (Å²) in [4.78, 5) is 0. The summed E-state index contributed by atoms with van der Waals surface area (Å²) in [7, 11) is -0.867. The zero-order valence-corrected chi connectivity index (χ0v) is 18.5. The average Bonchev–Trinajstić information content (AvgIpc) is 3.12. The van der Waals surface area contributed by atoms with Crippen molar-refractivity contribution in [3.63, 3.8) is 0 Å². The Labute approximate surface area is 164 Å². The number of hydrogen-bond acceptors (Lipinski definition) is 0. The first-order chi connectivity index (χ1) is 12.8. The molecule has 3 fully saturated rings. The molecule has 0 aromatic rings. The Bertz CT molecular complexity index is 427. The fraction of sp³-hybridized carbons (Fsp3) is 0.920. The van der Waals surface area contributed by atoms with Crippen molar-refractivity contribution in [2.24, 2.45) is 0 Å². The Kier molecular flexibility index (Phi) is 6.83. The Balaban J connectivity index is 1.70. The van der Waals surface area contributed by atoms with E-state index in [0.717, 1.165) is 0 Å². The van der Waals surface area contributed by atoms with Crippen molar-refractivity contribution >= 4 is 7.26 Å². The Morgan fingerprint density at radius 2 is 1.00 bits per heavy atom. The summed E-state index contributed by atoms with van der Waals surface area (Å²) in [5, 5.41) is 0. The van der Waals surface area contributed by atoms with E-state index < -0.39 is 7.26 Å². The van der Waals surface area contributed by atoms with E-state index >= 15 is 0 Å². The topological polar surface area (TPSA) is 0 Å². The van der Waals surface area contributed by atoms with Crippen LogP contribution in [-0.4, -0.2) is 23.1 Å². The van der Waals surface area contributed by atoms with Crippen molar-refractivity contribution in [2.45, 2.75) is 139 Å². The summed E-state index contributed by atoms with van der Waals surface area (Å²) in [6.45, 7) is 2.50. The van der Waals surface area contributed by atoms with E-state index in [1.165, 1.54) is 55.5 Å². The maximum Gasteiger partial charge on any atom is 0.0813 e. The minimum Gasteiger partial charge on any atom is -0.0705 e. The van der Waals surface area contributed by atoms with Gasteiger partial charge in [0.2, 0.25) is 0 Å². The summed E-state index contributed by atoms with van der Waals surface area (Å²) >= 11 is 0. The van der Waals surface area contributed by atoms with Crippen molar-refractivity contribution in [3.05, 3.63) is 11.1 Å². The van der Waals surface area contributed by atoms with Crippen molar-refractivity contribution in [1.29, 1.82) is 0 Å². The van der Waals surface area contributed by atoms with Crippen LogP contribution in [0.3, 0.4) is 0 Å². The summed E-state index contributed by atoms with van der Waals surface area (Å²) < 4.78 is 0. The molecule has 1 heteroatoms. The number of hydrogen-bond donors (Lipinski definition) is 0. The van der Waals surface area contributed by atoms with Crippen LogP contribution in [0.2, 0.25) is 0 Å². The van der Waals surface area contributed by atoms with E-state index in [9.17, 15) is 0 Å². The van der Waals surface area contributed by atoms with Crippen LogP contribution in [0.4, 0.5) is 0 Å². The first-order valence-corrected chi connectivity index (χ1v) is 14.5. The zero-order valence-electron chi connectivity index (χ0n) is 17.6. The second kappa shape index (κ2) is 9.11. The third kappa shape index (κ3) is 3.97. The highest BCUT2D eigenvalue weighted by molar-refractivity contribution is 7.78. The normalized spacial score (nSPS) is 28.0. The molecule has 0 spiro atoms. The van der Waals surface area contributed by atoms with Gasteiger partial charge in [0.1, 0.15) is 0 Å². The van der Waals surface area contributed by atoms with Gasteiger partial charge in [-0.15, -0.1) is 0 Å². The zero-order chi connectivity index (χ0) is 17.8. The SMILES string of the molecule is CC1=C(C[P+](C2CCCCC2)(C2CCCCC2)C2CCCCC2)CCC1. The Hall–Kier alpha value is 0.170. The molecule has 4 aliphatic carbocycles. The van der Waals surface area contributed by atoms with Crippen LogP contribution in [0.5, 0.6) is 0 Å². The molecule has 0 nitrogen and oxygen atoms in total. The third-order valence-electron chi connectivity index (χ3n) is 8.86. The monoisotopic (exact) mass is 375 g/mol. The second-order valence-electron chi connectivity index (χ2n) is 10.3. The third-order valence-corrected chi connectivity index (χ3v) is 15.4. The molecule has 3 saturated carbocycles. The summed E-state index contributed by atoms with van der Waals surface area (Å²) in [6.07, 6.45) is 29.7. The van der Waals surface area contributed by atoms with Crippen LogP contribution in [0, 0.1) is 0 Å². The minimum absolute atomic E-state index is 0.867. The molecule has 0 aromatic carbocycles. The molecule has 0 N–H and O–H groups in total. The van der Waals surface area contributed by atoms with E-state index in [2.05, 4.69) is 6.92 Å². The Morgan fingerprint density at radius 3 is 1.35 bits per heavy atom. The molecule has 0 unspecified atom stereocenters. The quantitative estimate of drug-likeness (QED) is 0.334. The highest BCUT2D eigenvalue weighted by atomic mass is 31.2. The molecular formula is C25H44P+. The van der Waals surface area contributed by atoms with Gasteiger partial charge in [-0.3, -0.25) is 0 Å². The standard InChI is InChI=1S/C25H44P/c1-21-12-11-13-22(21)20-26(23-14-5-2-6-15-23,24-16-7-3-8-17-24)25-18-9-4-10-19-25/h23-25H,2-20H2,1H3/q+1. The van der Waals surface area contributed by atoms with Crippen LogP contribution >= 0.6 is 7.26 Å². The molecule has 0 heterocycles. The van der Waals surface area contributed by atoms with E-state index in [-0.39, 0.29) is 0 Å². The maximum atomic E-state index is 2.50. The molecular weight excluding hydrogens is 331 g/mol. The predicted octanol–water partition coefficient (Wildman–Crippen LogP) is 8.50. The van der Waals surface area contributed by atoms with Crippen LogP contribution in [0.1, 0.15) is 122 Å². The first kappa shape index (κ1) is 19.5. The van der Waals surface area contributed by atoms with Gasteiger partial charge in [-0.2, -0.15) is 0 Å². The maximum absolute atomic E-state index is 2.50. The number of allylic oxidation sites excluding steroid dienone is 2. The largest absolute Gasteiger partial charge is 0.0813 e. The minimum atomic E-state index is -0.867. The fourth-order valence-corrected chi connectivity index (χ4v) is 15.1.